The first-order valence-electron chi connectivity index (χ1n) is 5.08. The zero-order chi connectivity index (χ0) is 12.1. The molecular formula is C12H11ClN2OS. The molecule has 5 heteroatoms. The second-order valence-electron chi connectivity index (χ2n) is 3.41. The third kappa shape index (κ3) is 3.70. The number of rotatable bonds is 4. The number of aromatic nitrogens is 2. The van der Waals surface area contributed by atoms with Gasteiger partial charge in [0.1, 0.15) is 6.10 Å². The van der Waals surface area contributed by atoms with Crippen LogP contribution in [0.4, 0.5) is 0 Å². The molecule has 1 heterocycles. The van der Waals surface area contributed by atoms with E-state index in [0.717, 1.165) is 4.90 Å². The molecule has 0 bridgehead atoms. The number of halogens is 1. The summed E-state index contributed by atoms with van der Waals surface area (Å²) in [5.41, 5.74) is 0.592. The van der Waals surface area contributed by atoms with Crippen LogP contribution in [0.5, 0.6) is 0 Å². The first-order valence-corrected chi connectivity index (χ1v) is 6.44. The summed E-state index contributed by atoms with van der Waals surface area (Å²) in [5.74, 6) is 0.542. The van der Waals surface area contributed by atoms with Crippen LogP contribution in [0.3, 0.4) is 0 Å². The van der Waals surface area contributed by atoms with E-state index in [4.69, 9.17) is 11.6 Å². The van der Waals surface area contributed by atoms with Crippen molar-refractivity contribution in [3.63, 3.8) is 0 Å². The van der Waals surface area contributed by atoms with Crippen LogP contribution in [0, 0.1) is 0 Å². The lowest BCUT2D eigenvalue weighted by molar-refractivity contribution is 0.198. The topological polar surface area (TPSA) is 46.0 Å². The molecule has 1 atom stereocenters. The number of nitrogens with zero attached hydrogens (tertiary/aromatic N) is 2. The van der Waals surface area contributed by atoms with Crippen LogP contribution in [0.15, 0.2) is 47.8 Å². The summed E-state index contributed by atoms with van der Waals surface area (Å²) < 4.78 is 0. The summed E-state index contributed by atoms with van der Waals surface area (Å²) in [4.78, 5) is 9.05. The average molecular weight is 267 g/mol. The fraction of sp³-hybridized carbons (Fsp3) is 0.167. The van der Waals surface area contributed by atoms with E-state index in [0.29, 0.717) is 16.5 Å². The molecule has 0 spiro atoms. The highest BCUT2D eigenvalue weighted by molar-refractivity contribution is 7.99. The fourth-order valence-electron chi connectivity index (χ4n) is 1.27. The molecule has 1 N–H and O–H groups in total. The lowest BCUT2D eigenvalue weighted by Gasteiger charge is -2.08. The van der Waals surface area contributed by atoms with Gasteiger partial charge in [-0.3, -0.25) is 9.97 Å². The lowest BCUT2D eigenvalue weighted by atomic mass is 10.3. The van der Waals surface area contributed by atoms with Gasteiger partial charge in [-0.05, 0) is 24.3 Å². The molecular weight excluding hydrogens is 256 g/mol. The van der Waals surface area contributed by atoms with Crippen LogP contribution in [0.25, 0.3) is 0 Å². The molecule has 0 fully saturated rings. The van der Waals surface area contributed by atoms with E-state index in [1.54, 1.807) is 30.4 Å². The minimum atomic E-state index is -0.607. The van der Waals surface area contributed by atoms with Crippen molar-refractivity contribution in [3.05, 3.63) is 53.6 Å². The minimum absolute atomic E-state index is 0.542. The summed E-state index contributed by atoms with van der Waals surface area (Å²) in [6.45, 7) is 0. The third-order valence-electron chi connectivity index (χ3n) is 2.15. The van der Waals surface area contributed by atoms with Gasteiger partial charge in [0.2, 0.25) is 0 Å². The highest BCUT2D eigenvalue weighted by Crippen LogP contribution is 2.24. The monoisotopic (exact) mass is 266 g/mol. The normalized spacial score (nSPS) is 12.4. The molecule has 0 amide bonds. The molecule has 2 aromatic rings. The average Bonchev–Trinajstić information content (AvgIpc) is 2.39. The van der Waals surface area contributed by atoms with E-state index in [9.17, 15) is 5.11 Å². The van der Waals surface area contributed by atoms with E-state index in [1.807, 2.05) is 24.3 Å². The second-order valence-corrected chi connectivity index (χ2v) is 4.94. The van der Waals surface area contributed by atoms with Crippen molar-refractivity contribution in [1.29, 1.82) is 0 Å². The number of thioether (sulfide) groups is 1. The van der Waals surface area contributed by atoms with Crippen molar-refractivity contribution in [1.82, 2.24) is 9.97 Å². The van der Waals surface area contributed by atoms with Gasteiger partial charge in [0, 0.05) is 28.1 Å². The number of hydrogen-bond donors (Lipinski definition) is 1. The van der Waals surface area contributed by atoms with Gasteiger partial charge in [0.25, 0.3) is 0 Å². The second kappa shape index (κ2) is 6.00. The highest BCUT2D eigenvalue weighted by Gasteiger charge is 2.09. The number of benzene rings is 1. The lowest BCUT2D eigenvalue weighted by Crippen LogP contribution is -2.03. The first-order chi connectivity index (χ1) is 8.25. The van der Waals surface area contributed by atoms with E-state index in [2.05, 4.69) is 9.97 Å². The van der Waals surface area contributed by atoms with Crippen LogP contribution in [-0.4, -0.2) is 20.8 Å². The van der Waals surface area contributed by atoms with Gasteiger partial charge < -0.3 is 5.11 Å². The maximum absolute atomic E-state index is 9.89. The fourth-order valence-corrected chi connectivity index (χ4v) is 2.25. The van der Waals surface area contributed by atoms with Gasteiger partial charge in [-0.2, -0.15) is 0 Å². The molecule has 0 radical (unpaired) electrons. The molecule has 0 aliphatic rings. The minimum Gasteiger partial charge on any atom is -0.386 e. The molecule has 17 heavy (non-hydrogen) atoms. The van der Waals surface area contributed by atoms with Crippen LogP contribution in [0.1, 0.15) is 11.8 Å². The Morgan fingerprint density at radius 3 is 2.65 bits per heavy atom. The first kappa shape index (κ1) is 12.4. The number of aliphatic hydroxyl groups excluding tert-OH is 1. The predicted molar refractivity (Wildman–Crippen MR) is 69.2 cm³/mol. The van der Waals surface area contributed by atoms with Gasteiger partial charge in [-0.25, -0.2) is 0 Å². The summed E-state index contributed by atoms with van der Waals surface area (Å²) >= 11 is 7.35. The maximum atomic E-state index is 9.89. The zero-order valence-electron chi connectivity index (χ0n) is 8.95. The van der Waals surface area contributed by atoms with E-state index in [-0.39, 0.29) is 0 Å². The number of aliphatic hydroxyl groups is 1. The van der Waals surface area contributed by atoms with Crippen molar-refractivity contribution < 1.29 is 5.11 Å². The highest BCUT2D eigenvalue weighted by atomic mass is 35.5. The Morgan fingerprint density at radius 1 is 1.24 bits per heavy atom. The van der Waals surface area contributed by atoms with Crippen molar-refractivity contribution in [2.45, 2.75) is 11.0 Å². The third-order valence-corrected chi connectivity index (χ3v) is 3.49. The molecule has 88 valence electrons. The van der Waals surface area contributed by atoms with Crippen molar-refractivity contribution in [2.75, 3.05) is 5.75 Å². The van der Waals surface area contributed by atoms with Gasteiger partial charge in [0.05, 0.1) is 11.9 Å². The van der Waals surface area contributed by atoms with Crippen LogP contribution in [-0.2, 0) is 0 Å². The standard InChI is InChI=1S/C12H11ClN2OS/c13-9-1-3-10(4-2-9)17-8-12(16)11-7-14-5-6-15-11/h1-7,12,16H,8H2. The molecule has 0 aliphatic heterocycles. The van der Waals surface area contributed by atoms with Crippen LogP contribution >= 0.6 is 23.4 Å². The molecule has 2 rings (SSSR count). The van der Waals surface area contributed by atoms with Crippen molar-refractivity contribution in [2.24, 2.45) is 0 Å². The Kier molecular flexibility index (Phi) is 4.36. The summed E-state index contributed by atoms with van der Waals surface area (Å²) in [6.07, 6.45) is 4.13. The maximum Gasteiger partial charge on any atom is 0.107 e. The molecule has 1 aromatic heterocycles. The molecule has 0 aliphatic carbocycles. The zero-order valence-corrected chi connectivity index (χ0v) is 10.5. The van der Waals surface area contributed by atoms with Crippen LogP contribution < -0.4 is 0 Å². The molecule has 0 saturated carbocycles. The van der Waals surface area contributed by atoms with E-state index in [1.165, 1.54) is 0 Å². The van der Waals surface area contributed by atoms with Gasteiger partial charge in [-0.1, -0.05) is 11.6 Å². The molecule has 0 saturated heterocycles. The quantitative estimate of drug-likeness (QED) is 0.865. The summed E-state index contributed by atoms with van der Waals surface area (Å²) in [7, 11) is 0. The van der Waals surface area contributed by atoms with Gasteiger partial charge in [0.15, 0.2) is 0 Å². The van der Waals surface area contributed by atoms with E-state index < -0.39 is 6.10 Å². The van der Waals surface area contributed by atoms with Crippen molar-refractivity contribution in [3.8, 4) is 0 Å². The number of hydrogen-bond acceptors (Lipinski definition) is 4. The largest absolute Gasteiger partial charge is 0.386 e. The molecule has 1 unspecified atom stereocenters. The Hall–Kier alpha value is -1.10. The Bertz CT molecular complexity index is 464. The summed E-state index contributed by atoms with van der Waals surface area (Å²) in [5, 5.41) is 10.6. The molecule has 1 aromatic carbocycles. The van der Waals surface area contributed by atoms with Crippen molar-refractivity contribution >= 4 is 23.4 Å². The SMILES string of the molecule is OC(CSc1ccc(Cl)cc1)c1cnccn1. The van der Waals surface area contributed by atoms with Gasteiger partial charge in [-0.15, -0.1) is 11.8 Å². The Labute approximate surface area is 109 Å². The smallest absolute Gasteiger partial charge is 0.107 e. The predicted octanol–water partition coefficient (Wildman–Crippen LogP) is 2.96. The Balaban J connectivity index is 1.92. The molecule has 3 nitrogen and oxygen atoms in total. The van der Waals surface area contributed by atoms with E-state index >= 15 is 0 Å². The van der Waals surface area contributed by atoms with Gasteiger partial charge >= 0.3 is 0 Å². The summed E-state index contributed by atoms with van der Waals surface area (Å²) in [6, 6.07) is 7.52. The van der Waals surface area contributed by atoms with Crippen LogP contribution in [0.2, 0.25) is 5.02 Å². The Morgan fingerprint density at radius 2 is 2.00 bits per heavy atom.